The van der Waals surface area contributed by atoms with Crippen molar-refractivity contribution in [3.05, 3.63) is 40.0 Å². The van der Waals surface area contributed by atoms with Gasteiger partial charge >= 0.3 is 0 Å². The van der Waals surface area contributed by atoms with Crippen LogP contribution in [0.2, 0.25) is 0 Å². The van der Waals surface area contributed by atoms with Gasteiger partial charge < -0.3 is 5.73 Å². The van der Waals surface area contributed by atoms with Crippen LogP contribution in [0.15, 0.2) is 27.7 Å². The first-order valence-corrected chi connectivity index (χ1v) is 10.8. The van der Waals surface area contributed by atoms with E-state index in [1.165, 1.54) is 60.1 Å². The number of hydrogen-bond acceptors (Lipinski definition) is 3. The molecule has 3 nitrogen and oxygen atoms in total. The van der Waals surface area contributed by atoms with Crippen LogP contribution in [-0.2, 0) is 6.42 Å². The second-order valence-electron chi connectivity index (χ2n) is 7.97. The Hall–Kier alpha value is -1.90. The highest BCUT2D eigenvalue weighted by Crippen LogP contribution is 2.29. The van der Waals surface area contributed by atoms with Gasteiger partial charge in [0.2, 0.25) is 0 Å². The summed E-state index contributed by atoms with van der Waals surface area (Å²) in [6.07, 6.45) is 12.6. The van der Waals surface area contributed by atoms with Crippen LogP contribution >= 0.6 is 0 Å². The molecule has 2 N–H and O–H groups in total. The van der Waals surface area contributed by atoms with Crippen molar-refractivity contribution in [2.24, 2.45) is 15.7 Å². The molecule has 1 aliphatic heterocycles. The number of hydrogen-bond donors (Lipinski definition) is 1. The summed E-state index contributed by atoms with van der Waals surface area (Å²) < 4.78 is 0. The second-order valence-corrected chi connectivity index (χ2v) is 7.97. The largest absolute Gasteiger partial charge is 0.398 e. The van der Waals surface area contributed by atoms with Gasteiger partial charge in [0.15, 0.2) is 0 Å². The van der Waals surface area contributed by atoms with Gasteiger partial charge in [0, 0.05) is 35.3 Å². The fraction of sp³-hybridized carbons (Fsp3) is 0.583. The minimum absolute atomic E-state index is 0.489. The summed E-state index contributed by atoms with van der Waals surface area (Å²) in [5.74, 6) is 0. The zero-order valence-electron chi connectivity index (χ0n) is 17.4. The zero-order chi connectivity index (χ0) is 19.2. The van der Waals surface area contributed by atoms with Crippen LogP contribution in [0.1, 0.15) is 87.5 Å². The average Bonchev–Trinajstić information content (AvgIpc) is 2.70. The molecule has 3 rings (SSSR count). The van der Waals surface area contributed by atoms with E-state index in [9.17, 15) is 0 Å². The van der Waals surface area contributed by atoms with Gasteiger partial charge in [0.05, 0.1) is 6.04 Å². The Morgan fingerprint density at radius 3 is 2.67 bits per heavy atom. The van der Waals surface area contributed by atoms with E-state index in [0.29, 0.717) is 6.04 Å². The molecule has 2 aliphatic rings. The predicted molar refractivity (Wildman–Crippen MR) is 118 cm³/mol. The topological polar surface area (TPSA) is 50.7 Å². The lowest BCUT2D eigenvalue weighted by Gasteiger charge is -2.22. The van der Waals surface area contributed by atoms with Gasteiger partial charge in [-0.15, -0.1) is 0 Å². The van der Waals surface area contributed by atoms with Crippen LogP contribution in [0.5, 0.6) is 0 Å². The Bertz CT molecular complexity index is 749. The fourth-order valence-corrected chi connectivity index (χ4v) is 4.49. The molecule has 1 aliphatic carbocycles. The number of nitrogens with zero attached hydrogens (tertiary/aromatic N) is 2. The van der Waals surface area contributed by atoms with E-state index >= 15 is 0 Å². The van der Waals surface area contributed by atoms with Crippen LogP contribution in [0.25, 0.3) is 5.70 Å². The van der Waals surface area contributed by atoms with E-state index in [1.54, 1.807) is 0 Å². The Morgan fingerprint density at radius 2 is 1.96 bits per heavy atom. The highest BCUT2D eigenvalue weighted by molar-refractivity contribution is 6.07. The van der Waals surface area contributed by atoms with Crippen molar-refractivity contribution < 1.29 is 0 Å². The van der Waals surface area contributed by atoms with Crippen molar-refractivity contribution in [2.45, 2.75) is 84.6 Å². The molecule has 0 unspecified atom stereocenters. The van der Waals surface area contributed by atoms with Gasteiger partial charge in [-0.05, 0) is 55.7 Å². The Balaban J connectivity index is 2.04. The zero-order valence-corrected chi connectivity index (χ0v) is 17.4. The molecule has 27 heavy (non-hydrogen) atoms. The average molecular weight is 366 g/mol. The van der Waals surface area contributed by atoms with Crippen molar-refractivity contribution >= 4 is 17.6 Å². The maximum Gasteiger partial charge on any atom is 0.0503 e. The van der Waals surface area contributed by atoms with Crippen molar-refractivity contribution in [3.63, 3.8) is 0 Å². The molecule has 0 atom stereocenters. The molecule has 0 saturated heterocycles. The molecule has 146 valence electrons. The predicted octanol–water partition coefficient (Wildman–Crippen LogP) is 5.62. The van der Waals surface area contributed by atoms with Gasteiger partial charge in [0.25, 0.3) is 0 Å². The van der Waals surface area contributed by atoms with E-state index in [1.807, 2.05) is 6.21 Å². The summed E-state index contributed by atoms with van der Waals surface area (Å²) in [7, 11) is 0. The lowest BCUT2D eigenvalue weighted by molar-refractivity contribution is 0.443. The number of rotatable bonds is 6. The summed E-state index contributed by atoms with van der Waals surface area (Å²) >= 11 is 0. The number of aliphatic imine (C=N–C) groups is 2. The van der Waals surface area contributed by atoms with Crippen molar-refractivity contribution in [1.29, 1.82) is 0 Å². The number of benzene rings is 1. The summed E-state index contributed by atoms with van der Waals surface area (Å²) in [6, 6.07) is 4.88. The smallest absolute Gasteiger partial charge is 0.0503 e. The van der Waals surface area contributed by atoms with Gasteiger partial charge in [0.1, 0.15) is 0 Å². The van der Waals surface area contributed by atoms with E-state index in [2.05, 4.69) is 37.9 Å². The molecule has 0 bridgehead atoms. The summed E-state index contributed by atoms with van der Waals surface area (Å²) in [5, 5.41) is 0. The van der Waals surface area contributed by atoms with Crippen LogP contribution in [0, 0.1) is 6.92 Å². The maximum atomic E-state index is 6.80. The van der Waals surface area contributed by atoms with E-state index in [-0.39, 0.29) is 0 Å². The van der Waals surface area contributed by atoms with Crippen molar-refractivity contribution in [1.82, 2.24) is 0 Å². The minimum Gasteiger partial charge on any atom is -0.398 e. The van der Waals surface area contributed by atoms with Gasteiger partial charge in [-0.3, -0.25) is 9.98 Å². The highest BCUT2D eigenvalue weighted by atomic mass is 14.8. The van der Waals surface area contributed by atoms with E-state index in [4.69, 9.17) is 10.7 Å². The lowest BCUT2D eigenvalue weighted by Crippen LogP contribution is -2.18. The lowest BCUT2D eigenvalue weighted by atomic mass is 9.89. The molecule has 1 heterocycles. The van der Waals surface area contributed by atoms with E-state index in [0.717, 1.165) is 43.5 Å². The molecule has 0 radical (unpaired) electrons. The molecule has 0 spiro atoms. The van der Waals surface area contributed by atoms with Crippen LogP contribution in [0.4, 0.5) is 0 Å². The van der Waals surface area contributed by atoms with Gasteiger partial charge in [-0.25, -0.2) is 0 Å². The number of fused-ring (bicyclic) bond motifs is 1. The number of allylic oxidation sites excluding steroid dienone is 1. The quantitative estimate of drug-likeness (QED) is 0.653. The first-order chi connectivity index (χ1) is 13.2. The normalized spacial score (nSPS) is 19.0. The Kier molecular flexibility index (Phi) is 6.87. The van der Waals surface area contributed by atoms with Gasteiger partial charge in [-0.2, -0.15) is 0 Å². The van der Waals surface area contributed by atoms with E-state index < -0.39 is 0 Å². The fourth-order valence-electron chi connectivity index (χ4n) is 4.49. The molecule has 1 fully saturated rings. The molecule has 1 saturated carbocycles. The van der Waals surface area contributed by atoms with Crippen LogP contribution in [-0.4, -0.2) is 24.5 Å². The molecular weight excluding hydrogens is 330 g/mol. The maximum absolute atomic E-state index is 6.80. The second kappa shape index (κ2) is 9.34. The summed E-state index contributed by atoms with van der Waals surface area (Å²) in [5.41, 5.74) is 15.3. The molecule has 3 heteroatoms. The highest BCUT2D eigenvalue weighted by Gasteiger charge is 2.19. The third-order valence-electron chi connectivity index (χ3n) is 6.02. The Labute approximate surface area is 164 Å². The molecule has 1 aromatic rings. The van der Waals surface area contributed by atoms with Crippen LogP contribution in [0.3, 0.4) is 0 Å². The standard InChI is InChI=1S/C24H35N3/c1-4-9-23(27-18-10-7-6-8-11-18)19(5-2)24(25)21-13-12-17(3)20-14-15-26-16-22(20)21/h12-13,16,18H,4-11,14-15,25H2,1-3H3. The van der Waals surface area contributed by atoms with Crippen LogP contribution < -0.4 is 5.73 Å². The molecule has 0 aromatic heterocycles. The number of nitrogens with two attached hydrogens (primary N) is 1. The minimum atomic E-state index is 0.489. The number of aryl methyl sites for hydroxylation is 1. The van der Waals surface area contributed by atoms with Crippen molar-refractivity contribution in [2.75, 3.05) is 6.54 Å². The monoisotopic (exact) mass is 365 g/mol. The molecule has 0 amide bonds. The van der Waals surface area contributed by atoms with Crippen molar-refractivity contribution in [3.8, 4) is 0 Å². The third-order valence-corrected chi connectivity index (χ3v) is 6.02. The first kappa shape index (κ1) is 19.9. The molecular formula is C24H35N3. The molecule has 1 aromatic carbocycles. The van der Waals surface area contributed by atoms with Gasteiger partial charge in [-0.1, -0.05) is 51.7 Å². The third kappa shape index (κ3) is 4.51. The SMILES string of the molecule is CCCC(=NC1CCCCC1)C(CC)=C(N)c1ccc(C)c2c1C=NCC2. The summed E-state index contributed by atoms with van der Waals surface area (Å²) in [6.45, 7) is 7.52. The first-order valence-electron chi connectivity index (χ1n) is 10.8. The Morgan fingerprint density at radius 1 is 1.19 bits per heavy atom. The summed E-state index contributed by atoms with van der Waals surface area (Å²) in [4.78, 5) is 9.75.